The van der Waals surface area contributed by atoms with Crippen LogP contribution in [0.1, 0.15) is 57.9 Å². The largest absolute Gasteiger partial charge is 0.443 e. The molecule has 4 N–H and O–H groups in total. The molecule has 33 heavy (non-hydrogen) atoms. The first-order chi connectivity index (χ1) is 15.8. The summed E-state index contributed by atoms with van der Waals surface area (Å²) < 4.78 is 5.86. The lowest BCUT2D eigenvalue weighted by molar-refractivity contribution is -0.126. The van der Waals surface area contributed by atoms with Crippen molar-refractivity contribution in [2.24, 2.45) is 11.8 Å². The molecule has 2 fully saturated rings. The van der Waals surface area contributed by atoms with E-state index in [1.54, 1.807) is 0 Å². The molecule has 0 radical (unpaired) electrons. The molecule has 1 heterocycles. The van der Waals surface area contributed by atoms with Gasteiger partial charge in [0.2, 0.25) is 11.8 Å². The first-order valence-corrected chi connectivity index (χ1v) is 12.0. The summed E-state index contributed by atoms with van der Waals surface area (Å²) >= 11 is 0. The van der Waals surface area contributed by atoms with Gasteiger partial charge in [-0.05, 0) is 50.0 Å². The van der Waals surface area contributed by atoms with E-state index in [1.165, 1.54) is 0 Å². The number of nitrogens with one attached hydrogen (secondary N) is 3. The molecule has 182 valence electrons. The fourth-order valence-electron chi connectivity index (χ4n) is 4.62. The molecule has 1 aromatic rings. The number of aliphatic hydroxyl groups excluding tert-OH is 1. The average Bonchev–Trinajstić information content (AvgIpc) is 3.15. The molecule has 1 saturated heterocycles. The summed E-state index contributed by atoms with van der Waals surface area (Å²) in [6.45, 7) is 4.29. The van der Waals surface area contributed by atoms with Crippen LogP contribution in [-0.2, 0) is 20.7 Å². The van der Waals surface area contributed by atoms with Gasteiger partial charge in [-0.15, -0.1) is 0 Å². The Bertz CT molecular complexity index is 810. The number of alkyl carbamates (subject to hydrolysis) is 1. The molecule has 1 aromatic carbocycles. The van der Waals surface area contributed by atoms with Gasteiger partial charge in [0.15, 0.2) is 0 Å². The van der Waals surface area contributed by atoms with Gasteiger partial charge in [0.1, 0.15) is 11.6 Å². The van der Waals surface area contributed by atoms with Crippen LogP contribution in [0.5, 0.6) is 0 Å². The van der Waals surface area contributed by atoms with Gasteiger partial charge >= 0.3 is 6.09 Å². The van der Waals surface area contributed by atoms with Gasteiger partial charge in [-0.2, -0.15) is 0 Å². The van der Waals surface area contributed by atoms with Crippen molar-refractivity contribution in [2.75, 3.05) is 13.2 Å². The number of carbonyl (C=O) groups is 3. The van der Waals surface area contributed by atoms with Crippen molar-refractivity contribution in [1.82, 2.24) is 16.0 Å². The maximum Gasteiger partial charge on any atom is 0.408 e. The fourth-order valence-corrected chi connectivity index (χ4v) is 4.62. The molecule has 2 unspecified atom stereocenters. The van der Waals surface area contributed by atoms with Crippen LogP contribution in [0, 0.1) is 11.8 Å². The van der Waals surface area contributed by atoms with Crippen molar-refractivity contribution in [3.63, 3.8) is 0 Å². The van der Waals surface area contributed by atoms with Gasteiger partial charge in [-0.3, -0.25) is 9.59 Å². The molecule has 3 rings (SSSR count). The number of benzene rings is 1. The first-order valence-electron chi connectivity index (χ1n) is 12.0. The Morgan fingerprint density at radius 2 is 1.94 bits per heavy atom. The summed E-state index contributed by atoms with van der Waals surface area (Å²) in [7, 11) is 0. The van der Waals surface area contributed by atoms with Gasteiger partial charge in [-0.1, -0.05) is 44.2 Å². The summed E-state index contributed by atoms with van der Waals surface area (Å²) in [5, 5.41) is 18.1. The predicted octanol–water partition coefficient (Wildman–Crippen LogP) is 2.30. The van der Waals surface area contributed by atoms with Crippen LogP contribution in [0.15, 0.2) is 30.3 Å². The molecule has 3 atom stereocenters. The number of hydrogen-bond donors (Lipinski definition) is 4. The van der Waals surface area contributed by atoms with Crippen molar-refractivity contribution >= 4 is 17.9 Å². The zero-order valence-electron chi connectivity index (χ0n) is 19.6. The van der Waals surface area contributed by atoms with Gasteiger partial charge in [0, 0.05) is 18.9 Å². The van der Waals surface area contributed by atoms with Crippen LogP contribution in [-0.4, -0.2) is 53.9 Å². The van der Waals surface area contributed by atoms with E-state index in [9.17, 15) is 19.5 Å². The molecule has 2 aliphatic rings. The van der Waals surface area contributed by atoms with Crippen LogP contribution >= 0.6 is 0 Å². The molecule has 1 aliphatic heterocycles. The van der Waals surface area contributed by atoms with Gasteiger partial charge < -0.3 is 25.8 Å². The summed E-state index contributed by atoms with van der Waals surface area (Å²) in [6.07, 6.45) is 4.15. The van der Waals surface area contributed by atoms with Crippen molar-refractivity contribution in [3.05, 3.63) is 35.9 Å². The van der Waals surface area contributed by atoms with Gasteiger partial charge in [0.25, 0.3) is 0 Å². The highest BCUT2D eigenvalue weighted by Gasteiger charge is 2.41. The van der Waals surface area contributed by atoms with Crippen molar-refractivity contribution in [3.8, 4) is 0 Å². The fraction of sp³-hybridized carbons (Fsp3) is 0.640. The second-order valence-corrected chi connectivity index (χ2v) is 9.82. The van der Waals surface area contributed by atoms with E-state index >= 15 is 0 Å². The third-order valence-electron chi connectivity index (χ3n) is 6.56. The quantitative estimate of drug-likeness (QED) is 0.405. The monoisotopic (exact) mass is 459 g/mol. The van der Waals surface area contributed by atoms with Crippen LogP contribution in [0.25, 0.3) is 0 Å². The van der Waals surface area contributed by atoms with E-state index in [-0.39, 0.29) is 30.3 Å². The zero-order valence-corrected chi connectivity index (χ0v) is 19.6. The normalized spacial score (nSPS) is 21.0. The second-order valence-electron chi connectivity index (χ2n) is 9.82. The van der Waals surface area contributed by atoms with Gasteiger partial charge in [0.05, 0.1) is 12.6 Å². The molecule has 1 saturated carbocycles. The van der Waals surface area contributed by atoms with E-state index in [1.807, 2.05) is 44.2 Å². The van der Waals surface area contributed by atoms with Crippen LogP contribution < -0.4 is 16.0 Å². The van der Waals surface area contributed by atoms with E-state index < -0.39 is 23.8 Å². The number of ether oxygens (including phenoxy) is 1. The third kappa shape index (κ3) is 7.19. The minimum absolute atomic E-state index is 0.0488. The lowest BCUT2D eigenvalue weighted by Gasteiger charge is -2.41. The van der Waals surface area contributed by atoms with Crippen LogP contribution in [0.2, 0.25) is 0 Å². The summed E-state index contributed by atoms with van der Waals surface area (Å²) in [4.78, 5) is 37.6. The first kappa shape index (κ1) is 25.0. The Hall–Kier alpha value is -2.61. The summed E-state index contributed by atoms with van der Waals surface area (Å²) in [5.41, 5.74) is 0.580. The Labute approximate surface area is 195 Å². The van der Waals surface area contributed by atoms with E-state index in [2.05, 4.69) is 16.0 Å². The minimum Gasteiger partial charge on any atom is -0.443 e. The molecule has 0 spiro atoms. The second kappa shape index (κ2) is 11.5. The molecular weight excluding hydrogens is 422 g/mol. The highest BCUT2D eigenvalue weighted by atomic mass is 16.6. The summed E-state index contributed by atoms with van der Waals surface area (Å²) in [6, 6.07) is 8.62. The van der Waals surface area contributed by atoms with Crippen molar-refractivity contribution < 1.29 is 24.2 Å². The Balaban J connectivity index is 1.58. The van der Waals surface area contributed by atoms with E-state index in [0.717, 1.165) is 24.8 Å². The average molecular weight is 460 g/mol. The highest BCUT2D eigenvalue weighted by Crippen LogP contribution is 2.38. The maximum absolute atomic E-state index is 13.0. The molecule has 3 amide bonds. The molecule has 1 aliphatic carbocycles. The van der Waals surface area contributed by atoms with Crippen molar-refractivity contribution in [2.45, 2.75) is 76.5 Å². The van der Waals surface area contributed by atoms with E-state index in [0.29, 0.717) is 32.2 Å². The summed E-state index contributed by atoms with van der Waals surface area (Å²) in [5.74, 6) is -0.479. The lowest BCUT2D eigenvalue weighted by Crippen LogP contribution is -2.54. The number of carbonyl (C=O) groups excluding carboxylic acids is 3. The number of aliphatic hydroxyl groups is 1. The Morgan fingerprint density at radius 1 is 1.21 bits per heavy atom. The number of rotatable bonds is 11. The minimum atomic E-state index is -0.780. The lowest BCUT2D eigenvalue weighted by atomic mass is 9.76. The van der Waals surface area contributed by atoms with E-state index in [4.69, 9.17) is 4.74 Å². The predicted molar refractivity (Wildman–Crippen MR) is 124 cm³/mol. The van der Waals surface area contributed by atoms with Crippen molar-refractivity contribution in [1.29, 1.82) is 0 Å². The maximum atomic E-state index is 13.0. The SMILES string of the molecule is CC(C)CC(NC(=O)OC1(Cc2ccccc2)CCC1)C(=O)NC(CO)C[C@@H]1CCNC1=O. The number of amides is 3. The van der Waals surface area contributed by atoms with Gasteiger partial charge in [-0.25, -0.2) is 4.79 Å². The van der Waals surface area contributed by atoms with Crippen LogP contribution in [0.4, 0.5) is 4.79 Å². The Morgan fingerprint density at radius 3 is 2.48 bits per heavy atom. The van der Waals surface area contributed by atoms with Crippen LogP contribution in [0.3, 0.4) is 0 Å². The molecule has 0 aromatic heterocycles. The molecular formula is C25H37N3O5. The highest BCUT2D eigenvalue weighted by molar-refractivity contribution is 5.86. The zero-order chi connectivity index (χ0) is 23.8. The number of hydrogen-bond acceptors (Lipinski definition) is 5. The Kier molecular flexibility index (Phi) is 8.72. The standard InChI is InChI=1S/C25H37N3O5/c1-17(2)13-21(23(31)27-20(16-29)14-19-9-12-26-22(19)30)28-24(32)33-25(10-6-11-25)15-18-7-4-3-5-8-18/h3-5,7-8,17,19-21,29H,6,9-16H2,1-2H3,(H,26,30)(H,27,31)(H,28,32)/t19-,20?,21?/m0/s1. The molecule has 8 heteroatoms. The third-order valence-corrected chi connectivity index (χ3v) is 6.56. The molecule has 0 bridgehead atoms. The molecule has 8 nitrogen and oxygen atoms in total. The topological polar surface area (TPSA) is 117 Å². The smallest absolute Gasteiger partial charge is 0.408 e.